The van der Waals surface area contributed by atoms with Gasteiger partial charge in [0.05, 0.1) is 17.8 Å². The van der Waals surface area contributed by atoms with E-state index in [1.165, 1.54) is 18.3 Å². The number of hydrogen-bond acceptors (Lipinski definition) is 5. The number of likely N-dealkylation sites (tertiary alicyclic amines) is 1. The van der Waals surface area contributed by atoms with Crippen molar-refractivity contribution in [3.63, 3.8) is 0 Å². The van der Waals surface area contributed by atoms with Crippen molar-refractivity contribution < 1.29 is 27.4 Å². The van der Waals surface area contributed by atoms with Crippen LogP contribution < -0.4 is 4.74 Å². The van der Waals surface area contributed by atoms with Gasteiger partial charge < -0.3 is 14.4 Å². The van der Waals surface area contributed by atoms with E-state index in [1.807, 2.05) is 6.07 Å². The Morgan fingerprint density at radius 1 is 1.23 bits per heavy atom. The van der Waals surface area contributed by atoms with Crippen LogP contribution in [0.15, 0.2) is 30.6 Å². The van der Waals surface area contributed by atoms with Crippen molar-refractivity contribution in [1.82, 2.24) is 14.7 Å². The van der Waals surface area contributed by atoms with Crippen molar-refractivity contribution in [2.24, 2.45) is 5.92 Å². The smallest absolute Gasteiger partial charge is 0.444 e. The molecule has 0 radical (unpaired) electrons. The van der Waals surface area contributed by atoms with Crippen LogP contribution in [0.2, 0.25) is 0 Å². The lowest BCUT2D eigenvalue weighted by molar-refractivity contribution is -0.274. The number of rotatable bonds is 4. The van der Waals surface area contributed by atoms with Crippen LogP contribution in [0, 0.1) is 17.2 Å². The largest absolute Gasteiger partial charge is 0.573 e. The molecule has 2 heterocycles. The van der Waals surface area contributed by atoms with Crippen molar-refractivity contribution >= 4 is 6.09 Å². The molecule has 1 saturated heterocycles. The summed E-state index contributed by atoms with van der Waals surface area (Å²) in [7, 11) is 0. The quantitative estimate of drug-likeness (QED) is 0.738. The lowest BCUT2D eigenvalue weighted by atomic mass is 10.0. The van der Waals surface area contributed by atoms with Crippen LogP contribution in [0.5, 0.6) is 5.75 Å². The highest BCUT2D eigenvalue weighted by molar-refractivity contribution is 5.69. The minimum absolute atomic E-state index is 0.0477. The Morgan fingerprint density at radius 3 is 2.53 bits per heavy atom. The van der Waals surface area contributed by atoms with Gasteiger partial charge in [0, 0.05) is 37.3 Å². The average molecular weight is 422 g/mol. The molecular formula is C20H21F3N4O3. The van der Waals surface area contributed by atoms with Gasteiger partial charge in [0.1, 0.15) is 11.4 Å². The molecule has 1 fully saturated rings. The molecule has 1 aromatic carbocycles. The highest BCUT2D eigenvalue weighted by Gasteiger charge is 2.34. The third-order valence-electron chi connectivity index (χ3n) is 4.29. The molecule has 10 heteroatoms. The number of aromatic nitrogens is 2. The number of amides is 1. The predicted octanol–water partition coefficient (Wildman–Crippen LogP) is 4.19. The third kappa shape index (κ3) is 5.65. The molecule has 0 N–H and O–H groups in total. The first-order chi connectivity index (χ1) is 13.9. The van der Waals surface area contributed by atoms with Crippen molar-refractivity contribution in [3.8, 4) is 22.9 Å². The summed E-state index contributed by atoms with van der Waals surface area (Å²) in [4.78, 5) is 13.6. The van der Waals surface area contributed by atoms with E-state index >= 15 is 0 Å². The Balaban J connectivity index is 1.64. The molecule has 160 valence electrons. The standard InChI is InChI=1S/C20H21F3N4O3/c1-19(2,3)30-18(28)26-9-14(10-26)11-27-12-16(8-25-27)15-4-13(7-24)5-17(6-15)29-20(21,22)23/h4-6,8,12,14H,9-11H2,1-3H3. The fraction of sp³-hybridized carbons (Fsp3) is 0.450. The second-order valence-corrected chi connectivity index (χ2v) is 8.11. The van der Waals surface area contributed by atoms with Crippen LogP contribution >= 0.6 is 0 Å². The summed E-state index contributed by atoms with van der Waals surface area (Å²) in [5, 5.41) is 13.3. The van der Waals surface area contributed by atoms with Gasteiger partial charge in [0.2, 0.25) is 0 Å². The first-order valence-corrected chi connectivity index (χ1v) is 9.23. The second kappa shape index (κ2) is 7.89. The Morgan fingerprint density at radius 2 is 1.93 bits per heavy atom. The first kappa shape index (κ1) is 21.5. The molecule has 1 aliphatic heterocycles. The minimum atomic E-state index is -4.85. The van der Waals surface area contributed by atoms with Crippen LogP contribution in [-0.4, -0.2) is 45.8 Å². The van der Waals surface area contributed by atoms with Gasteiger partial charge in [-0.3, -0.25) is 4.68 Å². The van der Waals surface area contributed by atoms with Crippen LogP contribution in [0.4, 0.5) is 18.0 Å². The van der Waals surface area contributed by atoms with Gasteiger partial charge in [-0.15, -0.1) is 13.2 Å². The molecule has 0 bridgehead atoms. The minimum Gasteiger partial charge on any atom is -0.444 e. The SMILES string of the molecule is CC(C)(C)OC(=O)N1CC(Cn2cc(-c3cc(C#N)cc(OC(F)(F)F)c3)cn2)C1. The average Bonchev–Trinajstić information content (AvgIpc) is 3.02. The van der Waals surface area contributed by atoms with Crippen molar-refractivity contribution in [1.29, 1.82) is 5.26 Å². The van der Waals surface area contributed by atoms with E-state index in [9.17, 15) is 18.0 Å². The molecular weight excluding hydrogens is 401 g/mol. The Hall–Kier alpha value is -3.22. The number of hydrogen-bond donors (Lipinski definition) is 0. The predicted molar refractivity (Wildman–Crippen MR) is 100 cm³/mol. The zero-order chi connectivity index (χ0) is 22.1. The maximum atomic E-state index is 12.5. The van der Waals surface area contributed by atoms with Gasteiger partial charge in [-0.2, -0.15) is 10.4 Å². The number of carbonyl (C=O) groups is 1. The number of nitriles is 1. The summed E-state index contributed by atoms with van der Waals surface area (Å²) in [6.07, 6.45) is -2.01. The molecule has 30 heavy (non-hydrogen) atoms. The molecule has 1 aliphatic rings. The van der Waals surface area contributed by atoms with Gasteiger partial charge in [0.15, 0.2) is 0 Å². The Kier molecular flexibility index (Phi) is 5.65. The van der Waals surface area contributed by atoms with E-state index in [4.69, 9.17) is 10.00 Å². The number of ether oxygens (including phenoxy) is 2. The van der Waals surface area contributed by atoms with E-state index in [2.05, 4.69) is 9.84 Å². The molecule has 2 aromatic rings. The van der Waals surface area contributed by atoms with Gasteiger partial charge >= 0.3 is 12.5 Å². The number of nitrogens with zero attached hydrogens (tertiary/aromatic N) is 4. The van der Waals surface area contributed by atoms with Gasteiger partial charge in [-0.1, -0.05) is 0 Å². The van der Waals surface area contributed by atoms with E-state index in [0.717, 1.165) is 6.07 Å². The Bertz CT molecular complexity index is 967. The van der Waals surface area contributed by atoms with Gasteiger partial charge in [-0.25, -0.2) is 4.79 Å². The van der Waals surface area contributed by atoms with Gasteiger partial charge in [0.25, 0.3) is 0 Å². The molecule has 0 unspecified atom stereocenters. The number of benzene rings is 1. The molecule has 0 spiro atoms. The van der Waals surface area contributed by atoms with E-state index in [1.54, 1.807) is 36.5 Å². The molecule has 1 amide bonds. The topological polar surface area (TPSA) is 80.4 Å². The van der Waals surface area contributed by atoms with E-state index in [0.29, 0.717) is 30.8 Å². The number of halogens is 3. The maximum Gasteiger partial charge on any atom is 0.573 e. The summed E-state index contributed by atoms with van der Waals surface area (Å²) in [5.41, 5.74) is 0.448. The maximum absolute atomic E-state index is 12.5. The van der Waals surface area contributed by atoms with Crippen LogP contribution in [0.25, 0.3) is 11.1 Å². The second-order valence-electron chi connectivity index (χ2n) is 8.11. The van der Waals surface area contributed by atoms with Crippen molar-refractivity contribution in [2.45, 2.75) is 39.3 Å². The molecule has 7 nitrogen and oxygen atoms in total. The normalized spacial score (nSPS) is 14.8. The molecule has 0 saturated carbocycles. The van der Waals surface area contributed by atoms with Crippen LogP contribution in [0.3, 0.4) is 0 Å². The van der Waals surface area contributed by atoms with Crippen molar-refractivity contribution in [2.75, 3.05) is 13.1 Å². The zero-order valence-electron chi connectivity index (χ0n) is 16.7. The molecule has 1 aromatic heterocycles. The summed E-state index contributed by atoms with van der Waals surface area (Å²) in [5.74, 6) is -0.267. The number of carbonyl (C=O) groups excluding carboxylic acids is 1. The van der Waals surface area contributed by atoms with E-state index < -0.39 is 17.7 Å². The first-order valence-electron chi connectivity index (χ1n) is 9.23. The molecule has 0 aliphatic carbocycles. The lowest BCUT2D eigenvalue weighted by Crippen LogP contribution is -2.52. The fourth-order valence-corrected chi connectivity index (χ4v) is 3.06. The summed E-state index contributed by atoms with van der Waals surface area (Å²) >= 11 is 0. The lowest BCUT2D eigenvalue weighted by Gasteiger charge is -2.39. The zero-order valence-corrected chi connectivity index (χ0v) is 16.7. The summed E-state index contributed by atoms with van der Waals surface area (Å²) in [6, 6.07) is 5.54. The number of alkyl halides is 3. The van der Waals surface area contributed by atoms with Crippen LogP contribution in [-0.2, 0) is 11.3 Å². The highest BCUT2D eigenvalue weighted by Crippen LogP contribution is 2.30. The van der Waals surface area contributed by atoms with Crippen molar-refractivity contribution in [3.05, 3.63) is 36.2 Å². The third-order valence-corrected chi connectivity index (χ3v) is 4.29. The Labute approximate surface area is 171 Å². The fourth-order valence-electron chi connectivity index (χ4n) is 3.06. The highest BCUT2D eigenvalue weighted by atomic mass is 19.4. The summed E-state index contributed by atoms with van der Waals surface area (Å²) in [6.45, 7) is 7.04. The van der Waals surface area contributed by atoms with Crippen LogP contribution in [0.1, 0.15) is 26.3 Å². The van der Waals surface area contributed by atoms with Gasteiger partial charge in [-0.05, 0) is 44.5 Å². The molecule has 3 rings (SSSR count). The summed E-state index contributed by atoms with van der Waals surface area (Å²) < 4.78 is 48.5. The van der Waals surface area contributed by atoms with E-state index in [-0.39, 0.29) is 17.6 Å². The molecule has 0 atom stereocenters. The monoisotopic (exact) mass is 422 g/mol.